The molecule has 3 N–H and O–H groups in total. The average Bonchev–Trinajstić information content (AvgIpc) is 2.60. The van der Waals surface area contributed by atoms with Crippen LogP contribution in [0.5, 0.6) is 0 Å². The van der Waals surface area contributed by atoms with Crippen molar-refractivity contribution in [1.82, 2.24) is 15.2 Å². The predicted molar refractivity (Wildman–Crippen MR) is 82.6 cm³/mol. The first-order valence-electron chi connectivity index (χ1n) is 6.09. The van der Waals surface area contributed by atoms with Crippen LogP contribution in [-0.2, 0) is 0 Å². The van der Waals surface area contributed by atoms with E-state index in [-0.39, 0.29) is 10.8 Å². The van der Waals surface area contributed by atoms with Crippen LogP contribution in [-0.4, -0.2) is 20.3 Å². The molecule has 1 aromatic rings. The van der Waals surface area contributed by atoms with E-state index in [1.165, 1.54) is 0 Å². The van der Waals surface area contributed by atoms with Crippen molar-refractivity contribution >= 4 is 27.7 Å². The van der Waals surface area contributed by atoms with E-state index in [1.54, 1.807) is 0 Å². The van der Waals surface area contributed by atoms with Gasteiger partial charge in [0.2, 0.25) is 0 Å². The van der Waals surface area contributed by atoms with E-state index in [2.05, 4.69) is 61.1 Å². The quantitative estimate of drug-likeness (QED) is 0.641. The van der Waals surface area contributed by atoms with Gasteiger partial charge in [0.1, 0.15) is 0 Å². The topological polar surface area (TPSA) is 55.9 Å². The third-order valence-corrected chi connectivity index (χ3v) is 4.47. The van der Waals surface area contributed by atoms with Gasteiger partial charge >= 0.3 is 0 Å². The maximum atomic E-state index is 5.71. The lowest BCUT2D eigenvalue weighted by molar-refractivity contribution is 0.466. The van der Waals surface area contributed by atoms with Crippen molar-refractivity contribution in [2.45, 2.75) is 51.4 Å². The largest absolute Gasteiger partial charge is 0.271 e. The van der Waals surface area contributed by atoms with E-state index < -0.39 is 0 Å². The van der Waals surface area contributed by atoms with Crippen LogP contribution in [0.3, 0.4) is 0 Å². The van der Waals surface area contributed by atoms with Gasteiger partial charge in [0.25, 0.3) is 0 Å². The van der Waals surface area contributed by atoms with Crippen LogP contribution in [0.1, 0.15) is 52.4 Å². The Bertz CT molecular complexity index is 384. The van der Waals surface area contributed by atoms with Gasteiger partial charge in [-0.2, -0.15) is 16.9 Å². The first-order chi connectivity index (χ1) is 8.26. The van der Waals surface area contributed by atoms with Crippen LogP contribution in [0, 0.1) is 0 Å². The number of hydrogen-bond acceptors (Lipinski definition) is 4. The van der Waals surface area contributed by atoms with E-state index in [9.17, 15) is 0 Å². The highest BCUT2D eigenvalue weighted by Crippen LogP contribution is 2.32. The third kappa shape index (κ3) is 4.26. The highest BCUT2D eigenvalue weighted by atomic mass is 79.9. The van der Waals surface area contributed by atoms with Gasteiger partial charge in [0.15, 0.2) is 0 Å². The fraction of sp³-hybridized carbons (Fsp3) is 0.750. The average molecular weight is 335 g/mol. The van der Waals surface area contributed by atoms with E-state index in [4.69, 9.17) is 5.84 Å². The summed E-state index contributed by atoms with van der Waals surface area (Å²) in [5.41, 5.74) is 4.02. The highest BCUT2D eigenvalue weighted by molar-refractivity contribution is 9.10. The molecule has 0 amide bonds. The zero-order valence-electron chi connectivity index (χ0n) is 11.7. The summed E-state index contributed by atoms with van der Waals surface area (Å²) in [4.78, 5) is 0. The molecule has 1 atom stereocenters. The molecule has 1 rings (SSSR count). The van der Waals surface area contributed by atoms with Crippen LogP contribution in [0.4, 0.5) is 0 Å². The minimum absolute atomic E-state index is 0.0912. The van der Waals surface area contributed by atoms with Crippen LogP contribution in [0.15, 0.2) is 10.7 Å². The second-order valence-electron chi connectivity index (χ2n) is 5.56. The maximum absolute atomic E-state index is 5.71. The van der Waals surface area contributed by atoms with Gasteiger partial charge in [-0.1, -0.05) is 20.8 Å². The summed E-state index contributed by atoms with van der Waals surface area (Å²) in [6.45, 7) is 10.9. The number of nitrogens with one attached hydrogen (secondary N) is 1. The third-order valence-electron chi connectivity index (χ3n) is 2.49. The van der Waals surface area contributed by atoms with Crippen molar-refractivity contribution in [1.29, 1.82) is 0 Å². The summed E-state index contributed by atoms with van der Waals surface area (Å²) in [6.07, 6.45) is 1.83. The fourth-order valence-electron chi connectivity index (χ4n) is 1.63. The second kappa shape index (κ2) is 6.41. The molecule has 0 aliphatic heterocycles. The molecule has 0 aromatic carbocycles. The van der Waals surface area contributed by atoms with E-state index in [0.717, 1.165) is 15.9 Å². The Morgan fingerprint density at radius 2 is 2.11 bits per heavy atom. The Labute approximate surface area is 122 Å². The predicted octanol–water partition coefficient (Wildman–Crippen LogP) is 3.26. The smallest absolute Gasteiger partial charge is 0.0731 e. The lowest BCUT2D eigenvalue weighted by Gasteiger charge is -2.24. The molecular formula is C12H23BrN4S. The van der Waals surface area contributed by atoms with Crippen LogP contribution in [0.25, 0.3) is 0 Å². The zero-order valence-corrected chi connectivity index (χ0v) is 14.1. The molecule has 0 bridgehead atoms. The van der Waals surface area contributed by atoms with E-state index >= 15 is 0 Å². The monoisotopic (exact) mass is 334 g/mol. The van der Waals surface area contributed by atoms with Gasteiger partial charge in [-0.15, -0.1) is 0 Å². The highest BCUT2D eigenvalue weighted by Gasteiger charge is 2.22. The number of nitrogens with two attached hydrogens (primary N) is 1. The number of nitrogens with zero attached hydrogens (tertiary/aromatic N) is 2. The summed E-state index contributed by atoms with van der Waals surface area (Å²) in [5, 5.41) is 4.39. The van der Waals surface area contributed by atoms with Crippen LogP contribution in [0.2, 0.25) is 0 Å². The van der Waals surface area contributed by atoms with Gasteiger partial charge in [-0.05, 0) is 29.8 Å². The number of hydrazine groups is 1. The molecule has 0 saturated carbocycles. The van der Waals surface area contributed by atoms with Crippen molar-refractivity contribution in [2.75, 3.05) is 5.75 Å². The molecule has 0 spiro atoms. The summed E-state index contributed by atoms with van der Waals surface area (Å²) >= 11 is 5.45. The first-order valence-corrected chi connectivity index (χ1v) is 7.87. The van der Waals surface area contributed by atoms with Crippen molar-refractivity contribution in [3.05, 3.63) is 16.4 Å². The lowest BCUT2D eigenvalue weighted by atomic mass is 10.2. The van der Waals surface area contributed by atoms with E-state index in [0.29, 0.717) is 6.04 Å². The molecule has 6 heteroatoms. The van der Waals surface area contributed by atoms with Crippen molar-refractivity contribution in [2.24, 2.45) is 5.84 Å². The van der Waals surface area contributed by atoms with Gasteiger partial charge in [0, 0.05) is 16.5 Å². The van der Waals surface area contributed by atoms with Gasteiger partial charge < -0.3 is 0 Å². The number of rotatable bonds is 5. The molecule has 1 unspecified atom stereocenters. The number of hydrogen-bond donors (Lipinski definition) is 2. The van der Waals surface area contributed by atoms with Crippen LogP contribution < -0.4 is 11.3 Å². The Hall–Kier alpha value is -0.0400. The summed E-state index contributed by atoms with van der Waals surface area (Å²) < 4.78 is 3.25. The Balaban J connectivity index is 2.91. The summed E-state index contributed by atoms with van der Waals surface area (Å²) in [7, 11) is 0. The first kappa shape index (κ1) is 16.0. The number of thioether (sulfide) groups is 1. The lowest BCUT2D eigenvalue weighted by Crippen LogP contribution is -2.33. The van der Waals surface area contributed by atoms with Gasteiger partial charge in [0.05, 0.1) is 22.4 Å². The van der Waals surface area contributed by atoms with Crippen LogP contribution >= 0.6 is 27.7 Å². The van der Waals surface area contributed by atoms with Gasteiger partial charge in [-0.3, -0.25) is 16.0 Å². The Morgan fingerprint density at radius 1 is 1.50 bits per heavy atom. The molecule has 0 radical (unpaired) electrons. The molecule has 1 aromatic heterocycles. The molecule has 4 nitrogen and oxygen atoms in total. The second-order valence-corrected chi connectivity index (χ2v) is 8.26. The molecule has 1 heterocycles. The Kier molecular flexibility index (Phi) is 5.70. The SMILES string of the molecule is CC(C)n1ncc(Br)c1C(CSC(C)(C)C)NN. The molecular weight excluding hydrogens is 312 g/mol. The minimum atomic E-state index is 0.0912. The minimum Gasteiger partial charge on any atom is -0.271 e. The normalized spacial score (nSPS) is 14.2. The fourth-order valence-corrected chi connectivity index (χ4v) is 3.10. The van der Waals surface area contributed by atoms with E-state index in [1.807, 2.05) is 22.6 Å². The standard InChI is InChI=1S/C12H23BrN4S/c1-8(2)17-11(9(13)6-15-17)10(16-14)7-18-12(3,4)5/h6,8,10,16H,7,14H2,1-5H3. The molecule has 0 saturated heterocycles. The van der Waals surface area contributed by atoms with Crippen molar-refractivity contribution in [3.8, 4) is 0 Å². The molecule has 0 aliphatic carbocycles. The zero-order chi connectivity index (χ0) is 13.9. The maximum Gasteiger partial charge on any atom is 0.0731 e. The molecule has 0 aliphatic rings. The number of aromatic nitrogens is 2. The molecule has 18 heavy (non-hydrogen) atoms. The van der Waals surface area contributed by atoms with Gasteiger partial charge in [-0.25, -0.2) is 0 Å². The van der Waals surface area contributed by atoms with Crippen molar-refractivity contribution in [3.63, 3.8) is 0 Å². The molecule has 104 valence electrons. The summed E-state index contributed by atoms with van der Waals surface area (Å²) in [5.74, 6) is 6.62. The molecule has 0 fully saturated rings. The summed E-state index contributed by atoms with van der Waals surface area (Å²) in [6, 6.07) is 0.412. The number of halogens is 1. The van der Waals surface area contributed by atoms with Crippen molar-refractivity contribution < 1.29 is 0 Å². The Morgan fingerprint density at radius 3 is 2.56 bits per heavy atom.